The van der Waals surface area contributed by atoms with Crippen LogP contribution in [0.2, 0.25) is 0 Å². The van der Waals surface area contributed by atoms with Crippen LogP contribution in [0.5, 0.6) is 0 Å². The molecule has 1 aromatic rings. The van der Waals surface area contributed by atoms with Gasteiger partial charge in [0.05, 0.1) is 0 Å². The number of aryl methyl sites for hydroxylation is 1. The normalized spacial score (nSPS) is 29.0. The fourth-order valence-electron chi connectivity index (χ4n) is 7.51. The zero-order valence-electron chi connectivity index (χ0n) is 23.8. The summed E-state index contributed by atoms with van der Waals surface area (Å²) >= 11 is 0. The molecule has 37 heavy (non-hydrogen) atoms. The average molecular weight is 511 g/mol. The summed E-state index contributed by atoms with van der Waals surface area (Å²) in [5.74, 6) is 2.84. The Labute approximate surface area is 226 Å². The Bertz CT molecular complexity index is 881. The third kappa shape index (κ3) is 8.03. The van der Waals surface area contributed by atoms with Gasteiger partial charge in [-0.15, -0.1) is 0 Å². The van der Waals surface area contributed by atoms with Gasteiger partial charge in [-0.25, -0.2) is 8.78 Å². The second-order valence-electron chi connectivity index (χ2n) is 12.6. The Morgan fingerprint density at radius 1 is 0.811 bits per heavy atom. The molecule has 0 heterocycles. The molecule has 0 aromatic heterocycles. The van der Waals surface area contributed by atoms with E-state index < -0.39 is 11.6 Å². The van der Waals surface area contributed by atoms with Crippen molar-refractivity contribution in [1.82, 2.24) is 0 Å². The van der Waals surface area contributed by atoms with Crippen LogP contribution in [0, 0.1) is 41.2 Å². The number of halogens is 2. The molecule has 0 nitrogen and oxygen atoms in total. The van der Waals surface area contributed by atoms with E-state index in [0.29, 0.717) is 23.5 Å². The molecule has 206 valence electrons. The first kappa shape index (κ1) is 28.6. The predicted molar refractivity (Wildman–Crippen MR) is 154 cm³/mol. The van der Waals surface area contributed by atoms with Crippen molar-refractivity contribution in [3.63, 3.8) is 0 Å². The van der Waals surface area contributed by atoms with Gasteiger partial charge in [0.15, 0.2) is 11.6 Å². The van der Waals surface area contributed by atoms with Crippen LogP contribution in [0.25, 0.3) is 5.57 Å². The van der Waals surface area contributed by atoms with Gasteiger partial charge in [0.25, 0.3) is 0 Å². The molecule has 0 saturated heterocycles. The van der Waals surface area contributed by atoms with E-state index in [9.17, 15) is 4.39 Å². The quantitative estimate of drug-likeness (QED) is 0.205. The lowest BCUT2D eigenvalue weighted by Gasteiger charge is -2.35. The first-order valence-electron chi connectivity index (χ1n) is 15.9. The molecule has 3 aliphatic rings. The molecule has 2 fully saturated rings. The summed E-state index contributed by atoms with van der Waals surface area (Å²) in [6, 6.07) is 3.68. The van der Waals surface area contributed by atoms with Gasteiger partial charge in [0, 0.05) is 5.56 Å². The molecule has 0 bridgehead atoms. The summed E-state index contributed by atoms with van der Waals surface area (Å²) in [6.07, 6.45) is 28.8. The molecule has 2 heteroatoms. The van der Waals surface area contributed by atoms with Gasteiger partial charge in [-0.1, -0.05) is 89.2 Å². The standard InChI is InChI=1S/C35H52F2/c1-3-5-6-9-27-12-14-28(15-13-27)10-7-8-11-32-24-25-33(35(37)34(32)36)31-22-20-30(21-23-31)29-18-16-26(4-2)17-19-29/h7,10,22,24-30H,3-6,8-9,11-21,23H2,1-2H3. The largest absolute Gasteiger partial charge is 0.203 e. The van der Waals surface area contributed by atoms with Gasteiger partial charge < -0.3 is 0 Å². The van der Waals surface area contributed by atoms with E-state index in [1.807, 2.05) is 12.1 Å². The van der Waals surface area contributed by atoms with Crippen molar-refractivity contribution in [3.05, 3.63) is 53.1 Å². The maximum Gasteiger partial charge on any atom is 0.166 e. The van der Waals surface area contributed by atoms with E-state index in [1.54, 1.807) is 0 Å². The lowest BCUT2D eigenvalue weighted by molar-refractivity contribution is 0.192. The minimum absolute atomic E-state index is 0.501. The average Bonchev–Trinajstić information content (AvgIpc) is 2.94. The zero-order chi connectivity index (χ0) is 26.0. The van der Waals surface area contributed by atoms with Crippen LogP contribution >= 0.6 is 0 Å². The molecule has 0 N–H and O–H groups in total. The number of rotatable bonds is 11. The van der Waals surface area contributed by atoms with Gasteiger partial charge in [0.2, 0.25) is 0 Å². The Balaban J connectivity index is 1.23. The number of benzene rings is 1. The van der Waals surface area contributed by atoms with Crippen LogP contribution in [-0.4, -0.2) is 0 Å². The van der Waals surface area contributed by atoms with Crippen LogP contribution in [0.1, 0.15) is 134 Å². The van der Waals surface area contributed by atoms with Crippen LogP contribution in [0.4, 0.5) is 8.78 Å². The monoisotopic (exact) mass is 510 g/mol. The molecule has 0 aliphatic heterocycles. The molecular formula is C35H52F2. The molecule has 0 spiro atoms. The summed E-state index contributed by atoms with van der Waals surface area (Å²) in [5, 5.41) is 0. The fourth-order valence-corrected chi connectivity index (χ4v) is 7.51. The van der Waals surface area contributed by atoms with Crippen molar-refractivity contribution < 1.29 is 8.78 Å². The first-order valence-corrected chi connectivity index (χ1v) is 15.9. The van der Waals surface area contributed by atoms with Crippen molar-refractivity contribution in [3.8, 4) is 0 Å². The lowest BCUT2D eigenvalue weighted by Crippen LogP contribution is -2.23. The highest BCUT2D eigenvalue weighted by Crippen LogP contribution is 2.42. The summed E-state index contributed by atoms with van der Waals surface area (Å²) in [7, 11) is 0. The second-order valence-corrected chi connectivity index (χ2v) is 12.6. The third-order valence-electron chi connectivity index (χ3n) is 10.2. The highest BCUT2D eigenvalue weighted by Gasteiger charge is 2.29. The molecule has 3 aliphatic carbocycles. The molecule has 0 radical (unpaired) electrons. The topological polar surface area (TPSA) is 0 Å². The van der Waals surface area contributed by atoms with E-state index in [1.165, 1.54) is 83.5 Å². The van der Waals surface area contributed by atoms with Gasteiger partial charge in [0.1, 0.15) is 0 Å². The highest BCUT2D eigenvalue weighted by atomic mass is 19.2. The maximum atomic E-state index is 15.1. The van der Waals surface area contributed by atoms with Gasteiger partial charge in [-0.05, 0) is 111 Å². The number of hydrogen-bond acceptors (Lipinski definition) is 0. The molecule has 1 aromatic carbocycles. The molecule has 1 unspecified atom stereocenters. The van der Waals surface area contributed by atoms with Gasteiger partial charge in [-0.3, -0.25) is 0 Å². The highest BCUT2D eigenvalue weighted by molar-refractivity contribution is 5.67. The second kappa shape index (κ2) is 14.6. The molecule has 0 amide bonds. The van der Waals surface area contributed by atoms with Crippen molar-refractivity contribution in [2.24, 2.45) is 29.6 Å². The Hall–Kier alpha value is -1.44. The van der Waals surface area contributed by atoms with E-state index in [2.05, 4.69) is 32.1 Å². The molecule has 4 rings (SSSR count). The molecule has 1 atom stereocenters. The van der Waals surface area contributed by atoms with E-state index in [-0.39, 0.29) is 0 Å². The van der Waals surface area contributed by atoms with Crippen LogP contribution in [0.15, 0.2) is 30.4 Å². The van der Waals surface area contributed by atoms with Crippen molar-refractivity contribution in [1.29, 1.82) is 0 Å². The number of allylic oxidation sites excluding steroid dienone is 4. The zero-order valence-corrected chi connectivity index (χ0v) is 23.8. The lowest BCUT2D eigenvalue weighted by atomic mass is 9.70. The summed E-state index contributed by atoms with van der Waals surface area (Å²) in [5.41, 5.74) is 2.04. The summed E-state index contributed by atoms with van der Waals surface area (Å²) in [4.78, 5) is 0. The minimum atomic E-state index is -0.629. The number of unbranched alkanes of at least 4 members (excludes halogenated alkanes) is 2. The van der Waals surface area contributed by atoms with Crippen LogP contribution < -0.4 is 0 Å². The van der Waals surface area contributed by atoms with E-state index in [0.717, 1.165) is 54.9 Å². The Morgan fingerprint density at radius 3 is 2.24 bits per heavy atom. The number of hydrogen-bond donors (Lipinski definition) is 0. The van der Waals surface area contributed by atoms with Crippen molar-refractivity contribution in [2.75, 3.05) is 0 Å². The molecular weight excluding hydrogens is 458 g/mol. The van der Waals surface area contributed by atoms with Crippen LogP contribution in [-0.2, 0) is 6.42 Å². The fraction of sp³-hybridized carbons (Fsp3) is 0.714. The predicted octanol–water partition coefficient (Wildman–Crippen LogP) is 11.2. The third-order valence-corrected chi connectivity index (χ3v) is 10.2. The maximum absolute atomic E-state index is 15.1. The van der Waals surface area contributed by atoms with Gasteiger partial charge >= 0.3 is 0 Å². The first-order chi connectivity index (χ1) is 18.1. The van der Waals surface area contributed by atoms with E-state index >= 15 is 4.39 Å². The smallest absolute Gasteiger partial charge is 0.166 e. The van der Waals surface area contributed by atoms with Crippen LogP contribution in [0.3, 0.4) is 0 Å². The van der Waals surface area contributed by atoms with Crippen molar-refractivity contribution in [2.45, 2.75) is 129 Å². The summed E-state index contributed by atoms with van der Waals surface area (Å²) < 4.78 is 30.1. The van der Waals surface area contributed by atoms with Gasteiger partial charge in [-0.2, -0.15) is 0 Å². The summed E-state index contributed by atoms with van der Waals surface area (Å²) in [6.45, 7) is 4.59. The SMILES string of the molecule is CCCCCC1CCC(C=CCCc2ccc(C3=CCC(C4CCC(CC)CC4)CC3)c(F)c2F)CC1. The minimum Gasteiger partial charge on any atom is -0.203 e. The van der Waals surface area contributed by atoms with Crippen molar-refractivity contribution >= 4 is 5.57 Å². The van der Waals surface area contributed by atoms with E-state index in [4.69, 9.17) is 0 Å². The Morgan fingerprint density at radius 2 is 1.57 bits per heavy atom. The molecule has 2 saturated carbocycles. The Kier molecular flexibility index (Phi) is 11.3.